The van der Waals surface area contributed by atoms with E-state index in [0.29, 0.717) is 4.75 Å². The van der Waals surface area contributed by atoms with E-state index in [1.165, 1.54) is 44.9 Å². The maximum absolute atomic E-state index is 4.69. The molecule has 0 saturated heterocycles. The van der Waals surface area contributed by atoms with Crippen molar-refractivity contribution in [3.05, 3.63) is 0 Å². The van der Waals surface area contributed by atoms with Gasteiger partial charge in [-0.2, -0.15) is 12.6 Å². The average Bonchev–Trinajstić information content (AvgIpc) is 2.01. The van der Waals surface area contributed by atoms with E-state index in [9.17, 15) is 0 Å². The third kappa shape index (κ3) is 7.02. The Morgan fingerprint density at radius 1 is 0.917 bits per heavy atom. The van der Waals surface area contributed by atoms with E-state index in [-0.39, 0.29) is 0 Å². The first-order valence-electron chi connectivity index (χ1n) is 5.34. The van der Waals surface area contributed by atoms with Crippen molar-refractivity contribution < 1.29 is 0 Å². The summed E-state index contributed by atoms with van der Waals surface area (Å²) >= 11 is 4.69. The van der Waals surface area contributed by atoms with Crippen LogP contribution in [-0.2, 0) is 0 Å². The Bertz CT molecular complexity index is 97.2. The van der Waals surface area contributed by atoms with E-state index in [4.69, 9.17) is 12.6 Å². The molecule has 0 spiro atoms. The largest absolute Gasteiger partial charge is 0.173 e. The van der Waals surface area contributed by atoms with Crippen molar-refractivity contribution in [2.45, 2.75) is 70.5 Å². The molecule has 0 aromatic carbocycles. The Balaban J connectivity index is 3.42. The predicted octanol–water partition coefficient (Wildman–Crippen LogP) is 4.45. The summed E-state index contributed by atoms with van der Waals surface area (Å²) in [5.41, 5.74) is 0. The normalized spacial score (nSPS) is 16.0. The van der Waals surface area contributed by atoms with Crippen LogP contribution >= 0.6 is 12.6 Å². The Morgan fingerprint density at radius 3 is 1.92 bits per heavy atom. The monoisotopic (exact) mass is 188 g/mol. The molecule has 0 aliphatic rings. The molecule has 0 aliphatic carbocycles. The van der Waals surface area contributed by atoms with Crippen LogP contribution in [0.25, 0.3) is 0 Å². The van der Waals surface area contributed by atoms with Crippen LogP contribution < -0.4 is 0 Å². The van der Waals surface area contributed by atoms with Crippen molar-refractivity contribution in [2.24, 2.45) is 0 Å². The summed E-state index contributed by atoms with van der Waals surface area (Å²) in [6, 6.07) is 0. The fraction of sp³-hybridized carbons (Fsp3) is 1.00. The molecule has 0 aromatic rings. The van der Waals surface area contributed by atoms with Crippen LogP contribution in [0.15, 0.2) is 0 Å². The van der Waals surface area contributed by atoms with E-state index < -0.39 is 0 Å². The van der Waals surface area contributed by atoms with Gasteiger partial charge in [0, 0.05) is 4.75 Å². The highest BCUT2D eigenvalue weighted by atomic mass is 32.1. The van der Waals surface area contributed by atoms with Crippen LogP contribution in [0.2, 0.25) is 0 Å². The molecule has 0 heterocycles. The van der Waals surface area contributed by atoms with Crippen molar-refractivity contribution in [2.75, 3.05) is 0 Å². The minimum Gasteiger partial charge on any atom is -0.173 e. The molecule has 0 amide bonds. The summed E-state index contributed by atoms with van der Waals surface area (Å²) < 4.78 is 0.297. The van der Waals surface area contributed by atoms with Crippen LogP contribution in [-0.4, -0.2) is 4.75 Å². The van der Waals surface area contributed by atoms with Gasteiger partial charge in [-0.3, -0.25) is 0 Å². The van der Waals surface area contributed by atoms with Gasteiger partial charge in [-0.05, 0) is 12.8 Å². The Morgan fingerprint density at radius 2 is 1.42 bits per heavy atom. The number of hydrogen-bond donors (Lipinski definition) is 1. The van der Waals surface area contributed by atoms with E-state index in [2.05, 4.69) is 20.8 Å². The van der Waals surface area contributed by atoms with Gasteiger partial charge in [-0.15, -0.1) is 0 Å². The summed E-state index contributed by atoms with van der Waals surface area (Å²) in [7, 11) is 0. The molecule has 0 saturated carbocycles. The highest BCUT2D eigenvalue weighted by Crippen LogP contribution is 2.27. The molecule has 0 nitrogen and oxygen atoms in total. The Labute approximate surface area is 83.5 Å². The topological polar surface area (TPSA) is 0 Å². The zero-order valence-electron chi connectivity index (χ0n) is 8.90. The summed E-state index contributed by atoms with van der Waals surface area (Å²) in [5, 5.41) is 0. The van der Waals surface area contributed by atoms with Gasteiger partial charge in [0.05, 0.1) is 0 Å². The second-order valence-electron chi connectivity index (χ2n) is 4.06. The van der Waals surface area contributed by atoms with Gasteiger partial charge in [0.15, 0.2) is 0 Å². The van der Waals surface area contributed by atoms with Gasteiger partial charge >= 0.3 is 0 Å². The van der Waals surface area contributed by atoms with Crippen molar-refractivity contribution >= 4 is 12.6 Å². The van der Waals surface area contributed by atoms with Crippen LogP contribution in [0.1, 0.15) is 65.7 Å². The fourth-order valence-electron chi connectivity index (χ4n) is 1.44. The zero-order chi connectivity index (χ0) is 9.45. The van der Waals surface area contributed by atoms with E-state index in [1.807, 2.05) is 0 Å². The number of unbranched alkanes of at least 4 members (excludes halogenated alkanes) is 3. The van der Waals surface area contributed by atoms with E-state index >= 15 is 0 Å². The average molecular weight is 188 g/mol. The van der Waals surface area contributed by atoms with E-state index in [1.54, 1.807) is 0 Å². The fourth-order valence-corrected chi connectivity index (χ4v) is 1.75. The summed E-state index contributed by atoms with van der Waals surface area (Å²) in [4.78, 5) is 0. The second kappa shape index (κ2) is 6.82. The third-order valence-corrected chi connectivity index (χ3v) is 2.84. The van der Waals surface area contributed by atoms with Crippen molar-refractivity contribution in [1.82, 2.24) is 0 Å². The van der Waals surface area contributed by atoms with Gasteiger partial charge in [-0.25, -0.2) is 0 Å². The lowest BCUT2D eigenvalue weighted by atomic mass is 9.96. The summed E-state index contributed by atoms with van der Waals surface area (Å²) in [6.07, 6.45) is 9.20. The second-order valence-corrected chi connectivity index (χ2v) is 5.14. The first kappa shape index (κ1) is 12.3. The molecule has 12 heavy (non-hydrogen) atoms. The van der Waals surface area contributed by atoms with Gasteiger partial charge in [0.25, 0.3) is 0 Å². The van der Waals surface area contributed by atoms with Gasteiger partial charge < -0.3 is 0 Å². The summed E-state index contributed by atoms with van der Waals surface area (Å²) in [6.45, 7) is 6.78. The maximum atomic E-state index is 4.69. The minimum absolute atomic E-state index is 0.297. The minimum atomic E-state index is 0.297. The third-order valence-electron chi connectivity index (χ3n) is 2.39. The van der Waals surface area contributed by atoms with Crippen LogP contribution in [0, 0.1) is 0 Å². The SMILES string of the molecule is CCCCCC(C)(S)CCCC. The van der Waals surface area contributed by atoms with Gasteiger partial charge in [0.1, 0.15) is 0 Å². The lowest BCUT2D eigenvalue weighted by molar-refractivity contribution is 0.492. The molecule has 1 unspecified atom stereocenters. The van der Waals surface area contributed by atoms with Gasteiger partial charge in [0.2, 0.25) is 0 Å². The lowest BCUT2D eigenvalue weighted by Gasteiger charge is -2.23. The van der Waals surface area contributed by atoms with Crippen molar-refractivity contribution in [3.8, 4) is 0 Å². The molecule has 1 heteroatoms. The molecule has 0 bridgehead atoms. The number of rotatable bonds is 7. The van der Waals surface area contributed by atoms with Gasteiger partial charge in [-0.1, -0.05) is 52.9 Å². The standard InChI is InChI=1S/C11H24S/c1-4-6-8-10-11(3,12)9-7-5-2/h12H,4-10H2,1-3H3. The Hall–Kier alpha value is 0.350. The molecule has 1 atom stereocenters. The first-order valence-corrected chi connectivity index (χ1v) is 5.79. The lowest BCUT2D eigenvalue weighted by Crippen LogP contribution is -2.15. The quantitative estimate of drug-likeness (QED) is 0.443. The van der Waals surface area contributed by atoms with Crippen molar-refractivity contribution in [3.63, 3.8) is 0 Å². The number of thiol groups is 1. The molecule has 74 valence electrons. The highest BCUT2D eigenvalue weighted by molar-refractivity contribution is 7.81. The molecular formula is C11H24S. The Kier molecular flexibility index (Phi) is 7.02. The molecule has 0 rings (SSSR count). The summed E-state index contributed by atoms with van der Waals surface area (Å²) in [5.74, 6) is 0. The molecule has 0 radical (unpaired) electrons. The highest BCUT2D eigenvalue weighted by Gasteiger charge is 2.16. The van der Waals surface area contributed by atoms with Crippen LogP contribution in [0.4, 0.5) is 0 Å². The number of hydrogen-bond acceptors (Lipinski definition) is 1. The molecular weight excluding hydrogens is 164 g/mol. The van der Waals surface area contributed by atoms with Crippen LogP contribution in [0.3, 0.4) is 0 Å². The van der Waals surface area contributed by atoms with Crippen molar-refractivity contribution in [1.29, 1.82) is 0 Å². The first-order chi connectivity index (χ1) is 5.62. The smallest absolute Gasteiger partial charge is 0.0101 e. The molecule has 0 fully saturated rings. The van der Waals surface area contributed by atoms with Crippen LogP contribution in [0.5, 0.6) is 0 Å². The predicted molar refractivity (Wildman–Crippen MR) is 61.1 cm³/mol. The molecule has 0 aliphatic heterocycles. The molecule has 0 aromatic heterocycles. The molecule has 0 N–H and O–H groups in total. The zero-order valence-corrected chi connectivity index (χ0v) is 9.79. The van der Waals surface area contributed by atoms with E-state index in [0.717, 1.165) is 0 Å². The maximum Gasteiger partial charge on any atom is 0.0101 e.